The Kier molecular flexibility index (Phi) is 8.80. The molecule has 0 unspecified atom stereocenters. The highest BCUT2D eigenvalue weighted by atomic mass is 127. The maximum atomic E-state index is 5.84. The van der Waals surface area contributed by atoms with Crippen LogP contribution in [0.15, 0.2) is 47.6 Å². The number of benzene rings is 1. The summed E-state index contributed by atoms with van der Waals surface area (Å²) in [6.45, 7) is 5.75. The van der Waals surface area contributed by atoms with Gasteiger partial charge in [0, 0.05) is 36.8 Å². The number of hydrogen-bond donors (Lipinski definition) is 2. The van der Waals surface area contributed by atoms with Crippen molar-refractivity contribution in [1.29, 1.82) is 0 Å². The molecule has 2 aliphatic rings. The predicted molar refractivity (Wildman–Crippen MR) is 135 cm³/mol. The Morgan fingerprint density at radius 1 is 1.06 bits per heavy atom. The average molecular weight is 536 g/mol. The van der Waals surface area contributed by atoms with Crippen LogP contribution in [-0.4, -0.2) is 43.8 Å². The molecule has 168 valence electrons. The highest BCUT2D eigenvalue weighted by molar-refractivity contribution is 14.0. The SMILES string of the molecule is CCNC(=NCC1(c2ccc3c(c2)OCCO3)CCCC1)NCCc1ccccn1.I. The van der Waals surface area contributed by atoms with Gasteiger partial charge in [0.05, 0.1) is 6.54 Å². The lowest BCUT2D eigenvalue weighted by atomic mass is 9.79. The number of rotatable bonds is 7. The van der Waals surface area contributed by atoms with Crippen molar-refractivity contribution in [2.75, 3.05) is 32.8 Å². The normalized spacial score (nSPS) is 17.0. The molecule has 6 nitrogen and oxygen atoms in total. The minimum absolute atomic E-state index is 0. The van der Waals surface area contributed by atoms with Crippen molar-refractivity contribution < 1.29 is 9.47 Å². The Balaban J connectivity index is 0.00000272. The van der Waals surface area contributed by atoms with Gasteiger partial charge in [-0.3, -0.25) is 9.98 Å². The van der Waals surface area contributed by atoms with E-state index in [9.17, 15) is 0 Å². The maximum Gasteiger partial charge on any atom is 0.191 e. The first-order chi connectivity index (χ1) is 14.8. The second-order valence-corrected chi connectivity index (χ2v) is 8.04. The molecule has 1 saturated carbocycles. The number of nitrogens with one attached hydrogen (secondary N) is 2. The molecule has 1 aromatic heterocycles. The molecule has 1 aliphatic heterocycles. The van der Waals surface area contributed by atoms with Crippen LogP contribution in [0.4, 0.5) is 0 Å². The van der Waals surface area contributed by atoms with Gasteiger partial charge in [-0.25, -0.2) is 0 Å². The Labute approximate surface area is 202 Å². The van der Waals surface area contributed by atoms with Gasteiger partial charge in [0.15, 0.2) is 17.5 Å². The van der Waals surface area contributed by atoms with Gasteiger partial charge in [-0.15, -0.1) is 24.0 Å². The van der Waals surface area contributed by atoms with Crippen LogP contribution in [0, 0.1) is 0 Å². The summed E-state index contributed by atoms with van der Waals surface area (Å²) < 4.78 is 11.5. The highest BCUT2D eigenvalue weighted by Crippen LogP contribution is 2.44. The number of aromatic nitrogens is 1. The second-order valence-electron chi connectivity index (χ2n) is 8.04. The topological polar surface area (TPSA) is 67.8 Å². The van der Waals surface area contributed by atoms with Gasteiger partial charge < -0.3 is 20.1 Å². The van der Waals surface area contributed by atoms with Crippen molar-refractivity contribution in [3.8, 4) is 11.5 Å². The van der Waals surface area contributed by atoms with Gasteiger partial charge in [-0.1, -0.05) is 25.0 Å². The van der Waals surface area contributed by atoms with Crippen LogP contribution < -0.4 is 20.1 Å². The zero-order valence-corrected chi connectivity index (χ0v) is 20.6. The Hall–Kier alpha value is -2.03. The zero-order chi connectivity index (χ0) is 20.7. The van der Waals surface area contributed by atoms with E-state index in [0.29, 0.717) is 13.2 Å². The standard InChI is InChI=1S/C24H32N4O2.HI/c1-2-25-23(27-14-10-20-7-3-6-13-26-20)28-18-24(11-4-5-12-24)19-8-9-21-22(17-19)30-16-15-29-21;/h3,6-9,13,17H,2,4-5,10-12,14-16,18H2,1H3,(H2,25,27,28);1H. The second kappa shape index (κ2) is 11.5. The third kappa shape index (κ3) is 6.02. The molecule has 1 fully saturated rings. The molecule has 0 spiro atoms. The zero-order valence-electron chi connectivity index (χ0n) is 18.2. The quantitative estimate of drug-likeness (QED) is 0.317. The molecule has 0 saturated heterocycles. The highest BCUT2D eigenvalue weighted by Gasteiger charge is 2.36. The van der Waals surface area contributed by atoms with Crippen LogP contribution in [0.25, 0.3) is 0 Å². The number of nitrogens with zero attached hydrogens (tertiary/aromatic N) is 2. The van der Waals surface area contributed by atoms with E-state index >= 15 is 0 Å². The lowest BCUT2D eigenvalue weighted by molar-refractivity contribution is 0.171. The van der Waals surface area contributed by atoms with Crippen LogP contribution in [0.1, 0.15) is 43.9 Å². The van der Waals surface area contributed by atoms with Crippen LogP contribution >= 0.6 is 24.0 Å². The van der Waals surface area contributed by atoms with Gasteiger partial charge in [0.25, 0.3) is 0 Å². The third-order valence-corrected chi connectivity index (χ3v) is 6.00. The van der Waals surface area contributed by atoms with Crippen LogP contribution in [0.2, 0.25) is 0 Å². The van der Waals surface area contributed by atoms with Crippen molar-refractivity contribution in [2.24, 2.45) is 4.99 Å². The minimum Gasteiger partial charge on any atom is -0.486 e. The Morgan fingerprint density at radius 2 is 1.87 bits per heavy atom. The van der Waals surface area contributed by atoms with Crippen LogP contribution in [-0.2, 0) is 11.8 Å². The molecular weight excluding hydrogens is 503 g/mol. The number of guanidine groups is 1. The summed E-state index contributed by atoms with van der Waals surface area (Å²) in [7, 11) is 0. The van der Waals surface area contributed by atoms with Gasteiger partial charge >= 0.3 is 0 Å². The molecular formula is C24H33IN4O2. The average Bonchev–Trinajstić information content (AvgIpc) is 3.28. The van der Waals surface area contributed by atoms with Crippen molar-refractivity contribution in [3.05, 3.63) is 53.9 Å². The molecule has 1 aliphatic carbocycles. The maximum absolute atomic E-state index is 5.84. The molecule has 0 radical (unpaired) electrons. The number of aliphatic imine (C=N–C) groups is 1. The van der Waals surface area contributed by atoms with Crippen LogP contribution in [0.5, 0.6) is 11.5 Å². The molecule has 0 amide bonds. The van der Waals surface area contributed by atoms with Gasteiger partial charge in [0.1, 0.15) is 13.2 Å². The Morgan fingerprint density at radius 3 is 2.61 bits per heavy atom. The first-order valence-electron chi connectivity index (χ1n) is 11.1. The van der Waals surface area contributed by atoms with E-state index < -0.39 is 0 Å². The summed E-state index contributed by atoms with van der Waals surface area (Å²) in [6.07, 6.45) is 7.51. The van der Waals surface area contributed by atoms with Crippen LogP contribution in [0.3, 0.4) is 0 Å². The van der Waals surface area contributed by atoms with E-state index in [-0.39, 0.29) is 29.4 Å². The first kappa shape index (κ1) is 23.6. The van der Waals surface area contributed by atoms with E-state index in [2.05, 4.69) is 46.8 Å². The largest absolute Gasteiger partial charge is 0.486 e. The predicted octanol–water partition coefficient (Wildman–Crippen LogP) is 4.08. The minimum atomic E-state index is 0. The van der Waals surface area contributed by atoms with E-state index in [4.69, 9.17) is 14.5 Å². The number of pyridine rings is 1. The molecule has 0 bridgehead atoms. The summed E-state index contributed by atoms with van der Waals surface area (Å²) in [4.78, 5) is 9.38. The number of hydrogen-bond acceptors (Lipinski definition) is 4. The van der Waals surface area contributed by atoms with Gasteiger partial charge in [-0.05, 0) is 49.6 Å². The van der Waals surface area contributed by atoms with Crippen molar-refractivity contribution >= 4 is 29.9 Å². The van der Waals surface area contributed by atoms with Crippen molar-refractivity contribution in [2.45, 2.75) is 44.4 Å². The summed E-state index contributed by atoms with van der Waals surface area (Å²) in [5.74, 6) is 2.60. The van der Waals surface area contributed by atoms with E-state index in [1.165, 1.54) is 18.4 Å². The molecule has 0 atom stereocenters. The molecule has 2 heterocycles. The molecule has 1 aromatic carbocycles. The molecule has 7 heteroatoms. The molecule has 4 rings (SSSR count). The fourth-order valence-corrected chi connectivity index (χ4v) is 4.39. The van der Waals surface area contributed by atoms with Crippen molar-refractivity contribution in [1.82, 2.24) is 15.6 Å². The fraction of sp³-hybridized carbons (Fsp3) is 0.500. The van der Waals surface area contributed by atoms with E-state index in [0.717, 1.165) is 62.0 Å². The van der Waals surface area contributed by atoms with E-state index in [1.54, 1.807) is 0 Å². The molecule has 31 heavy (non-hydrogen) atoms. The monoisotopic (exact) mass is 536 g/mol. The molecule has 2 aromatic rings. The van der Waals surface area contributed by atoms with Crippen molar-refractivity contribution in [3.63, 3.8) is 0 Å². The summed E-state index contributed by atoms with van der Waals surface area (Å²) in [5.41, 5.74) is 2.47. The summed E-state index contributed by atoms with van der Waals surface area (Å²) >= 11 is 0. The lowest BCUT2D eigenvalue weighted by Crippen LogP contribution is -2.39. The third-order valence-electron chi connectivity index (χ3n) is 6.00. The first-order valence-corrected chi connectivity index (χ1v) is 11.1. The smallest absolute Gasteiger partial charge is 0.191 e. The lowest BCUT2D eigenvalue weighted by Gasteiger charge is -2.30. The number of fused-ring (bicyclic) bond motifs is 1. The fourth-order valence-electron chi connectivity index (χ4n) is 4.39. The number of halogens is 1. The summed E-state index contributed by atoms with van der Waals surface area (Å²) in [6, 6.07) is 12.5. The van der Waals surface area contributed by atoms with E-state index in [1.807, 2.05) is 18.3 Å². The molecule has 2 N–H and O–H groups in total. The van der Waals surface area contributed by atoms with Gasteiger partial charge in [0.2, 0.25) is 0 Å². The van der Waals surface area contributed by atoms with Gasteiger partial charge in [-0.2, -0.15) is 0 Å². The number of ether oxygens (including phenoxy) is 2. The summed E-state index contributed by atoms with van der Waals surface area (Å²) in [5, 5.41) is 6.85. The Bertz CT molecular complexity index is 854.